The molecule has 2 heterocycles. The summed E-state index contributed by atoms with van der Waals surface area (Å²) in [6, 6.07) is 3.76. The Bertz CT molecular complexity index is 592. The molecule has 0 aliphatic rings. The van der Waals surface area contributed by atoms with Crippen LogP contribution in [0.25, 0.3) is 0 Å². The summed E-state index contributed by atoms with van der Waals surface area (Å²) < 4.78 is 11.5. The Morgan fingerprint density at radius 2 is 2.37 bits per heavy atom. The molecule has 0 fully saturated rings. The second-order valence-electron chi connectivity index (χ2n) is 3.43. The molecule has 8 heteroatoms. The number of carbonyl (C=O) groups excluding carboxylic acids is 1. The Balaban J connectivity index is 2.24. The summed E-state index contributed by atoms with van der Waals surface area (Å²) in [6.45, 7) is 0. The third kappa shape index (κ3) is 3.70. The average molecular weight is 454 g/mol. The summed E-state index contributed by atoms with van der Waals surface area (Å²) in [5.41, 5.74) is 0.223. The van der Waals surface area contributed by atoms with Gasteiger partial charge in [0.15, 0.2) is 0 Å². The summed E-state index contributed by atoms with van der Waals surface area (Å²) in [5, 5.41) is 0.871. The molecular formula is C11H9AsClIN2O3. The summed E-state index contributed by atoms with van der Waals surface area (Å²) in [5.74, 6) is 0.407. The van der Waals surface area contributed by atoms with E-state index < -0.39 is 21.7 Å². The van der Waals surface area contributed by atoms with Crippen molar-refractivity contribution < 1.29 is 13.9 Å². The van der Waals surface area contributed by atoms with Gasteiger partial charge in [0, 0.05) is 0 Å². The summed E-state index contributed by atoms with van der Waals surface area (Å²) in [7, 11) is 1.31. The summed E-state index contributed by atoms with van der Waals surface area (Å²) in [6.07, 6.45) is 1.64. The van der Waals surface area contributed by atoms with Crippen LogP contribution in [0.4, 0.5) is 0 Å². The topological polar surface area (TPSA) is 65.2 Å². The molecule has 1 unspecified atom stereocenters. The standard InChI is InChI=1S/C11H9AsClIN2O3/c1-18-10(17)8-7(14)9(16-11(13)15-8)12-5-6-3-2-4-19-6/h2-4,12H,5H2,1H3. The Kier molecular flexibility index (Phi) is 5.24. The van der Waals surface area contributed by atoms with Crippen molar-refractivity contribution in [1.29, 1.82) is 0 Å². The normalized spacial score (nSPS) is 11.1. The molecule has 5 nitrogen and oxygen atoms in total. The van der Waals surface area contributed by atoms with E-state index in [0.717, 1.165) is 15.5 Å². The van der Waals surface area contributed by atoms with E-state index in [-0.39, 0.29) is 11.0 Å². The molecule has 19 heavy (non-hydrogen) atoms. The molecule has 2 aromatic heterocycles. The Hall–Kier alpha value is -0.592. The van der Waals surface area contributed by atoms with Gasteiger partial charge < -0.3 is 0 Å². The van der Waals surface area contributed by atoms with Crippen molar-refractivity contribution in [2.45, 2.75) is 5.21 Å². The van der Waals surface area contributed by atoms with Crippen molar-refractivity contribution >= 4 is 60.4 Å². The number of nitrogens with zero attached hydrogens (tertiary/aromatic N) is 2. The fraction of sp³-hybridized carbons (Fsp3) is 0.182. The number of aromatic nitrogens is 2. The molecule has 2 aromatic rings. The third-order valence-corrected chi connectivity index (χ3v) is 7.04. The van der Waals surface area contributed by atoms with Crippen LogP contribution in [0.5, 0.6) is 0 Å². The molecule has 0 aliphatic heterocycles. The molecule has 100 valence electrons. The number of hydrogen-bond acceptors (Lipinski definition) is 5. The minimum absolute atomic E-state index is 0.0685. The van der Waals surface area contributed by atoms with Gasteiger partial charge in [0.1, 0.15) is 0 Å². The summed E-state index contributed by atoms with van der Waals surface area (Å²) in [4.78, 5) is 19.7. The number of ether oxygens (including phenoxy) is 1. The van der Waals surface area contributed by atoms with Gasteiger partial charge in [0.25, 0.3) is 0 Å². The van der Waals surface area contributed by atoms with E-state index in [1.807, 2.05) is 12.1 Å². The molecule has 0 aliphatic carbocycles. The third-order valence-electron chi connectivity index (χ3n) is 2.21. The Morgan fingerprint density at radius 1 is 1.58 bits per heavy atom. The van der Waals surface area contributed by atoms with E-state index in [2.05, 4.69) is 37.3 Å². The SMILES string of the molecule is COC(=O)c1nc(Cl)nc([AsH]Cc2ccco2)c1I. The Labute approximate surface area is 134 Å². The van der Waals surface area contributed by atoms with E-state index in [4.69, 9.17) is 16.0 Å². The van der Waals surface area contributed by atoms with Gasteiger partial charge in [0.2, 0.25) is 0 Å². The first-order valence-electron chi connectivity index (χ1n) is 5.19. The van der Waals surface area contributed by atoms with Crippen molar-refractivity contribution in [3.8, 4) is 0 Å². The van der Waals surface area contributed by atoms with Gasteiger partial charge in [-0.2, -0.15) is 0 Å². The van der Waals surface area contributed by atoms with E-state index in [1.54, 1.807) is 6.26 Å². The molecule has 0 saturated carbocycles. The first-order chi connectivity index (χ1) is 9.11. The first-order valence-corrected chi connectivity index (χ1v) is 9.18. The number of esters is 1. The molecule has 1 atom stereocenters. The number of rotatable bonds is 4. The first kappa shape index (κ1) is 14.8. The van der Waals surface area contributed by atoms with Gasteiger partial charge in [-0.05, 0) is 0 Å². The van der Waals surface area contributed by atoms with E-state index in [0.29, 0.717) is 3.57 Å². The van der Waals surface area contributed by atoms with Crippen LogP contribution in [0.15, 0.2) is 22.8 Å². The molecule has 0 saturated heterocycles. The van der Waals surface area contributed by atoms with Gasteiger partial charge in [-0.1, -0.05) is 0 Å². The van der Waals surface area contributed by atoms with Crippen LogP contribution in [-0.4, -0.2) is 38.8 Å². The van der Waals surface area contributed by atoms with Gasteiger partial charge >= 0.3 is 135 Å². The molecular weight excluding hydrogens is 445 g/mol. The number of hydrogen-bond donors (Lipinski definition) is 0. The van der Waals surface area contributed by atoms with Crippen molar-refractivity contribution in [3.05, 3.63) is 38.7 Å². The van der Waals surface area contributed by atoms with Crippen molar-refractivity contribution in [3.63, 3.8) is 0 Å². The van der Waals surface area contributed by atoms with Crippen molar-refractivity contribution in [2.24, 2.45) is 0 Å². The van der Waals surface area contributed by atoms with Crippen molar-refractivity contribution in [1.82, 2.24) is 9.97 Å². The maximum absolute atomic E-state index is 11.6. The fourth-order valence-corrected chi connectivity index (χ4v) is 5.22. The zero-order chi connectivity index (χ0) is 13.8. The van der Waals surface area contributed by atoms with Crippen LogP contribution < -0.4 is 4.48 Å². The maximum atomic E-state index is 11.6. The van der Waals surface area contributed by atoms with E-state index in [1.165, 1.54) is 7.11 Å². The average Bonchev–Trinajstić information content (AvgIpc) is 2.91. The number of furan rings is 1. The molecule has 2 rings (SSSR count). The van der Waals surface area contributed by atoms with E-state index in [9.17, 15) is 4.79 Å². The molecule has 0 radical (unpaired) electrons. The molecule has 0 bridgehead atoms. The van der Waals surface area contributed by atoms with Crippen LogP contribution >= 0.6 is 34.2 Å². The number of carbonyl (C=O) groups is 1. The summed E-state index contributed by atoms with van der Waals surface area (Å²) >= 11 is 7.30. The van der Waals surface area contributed by atoms with Crippen LogP contribution in [-0.2, 0) is 9.95 Å². The van der Waals surface area contributed by atoms with E-state index >= 15 is 0 Å². The van der Waals surface area contributed by atoms with Crippen LogP contribution in [0, 0.1) is 3.57 Å². The predicted molar refractivity (Wildman–Crippen MR) is 80.3 cm³/mol. The number of methoxy groups -OCH3 is 1. The predicted octanol–water partition coefficient (Wildman–Crippen LogP) is 1.38. The molecule has 0 aromatic carbocycles. The zero-order valence-corrected chi connectivity index (χ0v) is 14.8. The quantitative estimate of drug-likeness (QED) is 0.302. The zero-order valence-electron chi connectivity index (χ0n) is 9.81. The van der Waals surface area contributed by atoms with Crippen LogP contribution in [0.3, 0.4) is 0 Å². The second-order valence-corrected chi connectivity index (χ2v) is 7.32. The van der Waals surface area contributed by atoms with Gasteiger partial charge in [-0.3, -0.25) is 0 Å². The van der Waals surface area contributed by atoms with Crippen LogP contribution in [0.1, 0.15) is 16.2 Å². The van der Waals surface area contributed by atoms with Gasteiger partial charge in [0.05, 0.1) is 0 Å². The minimum atomic E-state index is -0.602. The molecule has 0 amide bonds. The monoisotopic (exact) mass is 454 g/mol. The Morgan fingerprint density at radius 3 is 3.00 bits per heavy atom. The van der Waals surface area contributed by atoms with Crippen molar-refractivity contribution in [2.75, 3.05) is 7.11 Å². The van der Waals surface area contributed by atoms with Gasteiger partial charge in [-0.15, -0.1) is 0 Å². The molecule has 0 spiro atoms. The second kappa shape index (κ2) is 6.72. The molecule has 0 N–H and O–H groups in total. The van der Waals surface area contributed by atoms with Gasteiger partial charge in [-0.25, -0.2) is 0 Å². The van der Waals surface area contributed by atoms with Crippen LogP contribution in [0.2, 0.25) is 5.28 Å². The number of halogens is 2. The fourth-order valence-electron chi connectivity index (χ4n) is 1.35.